The molecular weight excluding hydrogens is 453 g/mol. The number of thioether (sulfide) groups is 1. The molecule has 1 aromatic heterocycles. The Labute approximate surface area is 193 Å². The summed E-state index contributed by atoms with van der Waals surface area (Å²) in [4.78, 5) is 30.2. The zero-order valence-electron chi connectivity index (χ0n) is 16.2. The first kappa shape index (κ1) is 21.4. The van der Waals surface area contributed by atoms with Crippen LogP contribution in [0, 0.1) is 0 Å². The first-order chi connectivity index (χ1) is 15.0. The SMILES string of the molecule is O=C(CCSc1nc2ccccc2c(=O)n1-c1ccccc1)Nc1cc(Cl)ccc1Cl. The van der Waals surface area contributed by atoms with Crippen molar-refractivity contribution in [1.82, 2.24) is 9.55 Å². The Bertz CT molecular complexity index is 1310. The van der Waals surface area contributed by atoms with E-state index in [0.717, 1.165) is 5.69 Å². The van der Waals surface area contributed by atoms with Crippen LogP contribution in [0.2, 0.25) is 10.0 Å². The van der Waals surface area contributed by atoms with Crippen molar-refractivity contribution in [3.05, 3.63) is 93.2 Å². The normalized spacial score (nSPS) is 10.9. The Balaban J connectivity index is 1.56. The van der Waals surface area contributed by atoms with Crippen LogP contribution >= 0.6 is 35.0 Å². The first-order valence-electron chi connectivity index (χ1n) is 9.48. The highest BCUT2D eigenvalue weighted by atomic mass is 35.5. The average molecular weight is 470 g/mol. The summed E-state index contributed by atoms with van der Waals surface area (Å²) in [6.07, 6.45) is 0.213. The minimum atomic E-state index is -0.203. The molecule has 0 saturated heterocycles. The second-order valence-electron chi connectivity index (χ2n) is 6.66. The van der Waals surface area contributed by atoms with E-state index in [4.69, 9.17) is 23.2 Å². The van der Waals surface area contributed by atoms with Crippen molar-refractivity contribution < 1.29 is 4.79 Å². The van der Waals surface area contributed by atoms with Gasteiger partial charge in [0.15, 0.2) is 5.16 Å². The molecule has 0 bridgehead atoms. The van der Waals surface area contributed by atoms with Gasteiger partial charge in [0.1, 0.15) is 0 Å². The van der Waals surface area contributed by atoms with Gasteiger partial charge >= 0.3 is 0 Å². The summed E-state index contributed by atoms with van der Waals surface area (Å²) < 4.78 is 1.58. The highest BCUT2D eigenvalue weighted by molar-refractivity contribution is 7.99. The lowest BCUT2D eigenvalue weighted by molar-refractivity contribution is -0.115. The van der Waals surface area contributed by atoms with Crippen molar-refractivity contribution in [1.29, 1.82) is 0 Å². The molecule has 156 valence electrons. The number of benzene rings is 3. The molecule has 0 unspecified atom stereocenters. The Morgan fingerprint density at radius 3 is 2.55 bits per heavy atom. The van der Waals surface area contributed by atoms with Crippen LogP contribution in [0.3, 0.4) is 0 Å². The fourth-order valence-electron chi connectivity index (χ4n) is 3.05. The van der Waals surface area contributed by atoms with Gasteiger partial charge in [-0.15, -0.1) is 0 Å². The quantitative estimate of drug-likeness (QED) is 0.285. The number of hydrogen-bond acceptors (Lipinski definition) is 4. The van der Waals surface area contributed by atoms with Crippen LogP contribution in [0.4, 0.5) is 5.69 Å². The molecule has 31 heavy (non-hydrogen) atoms. The van der Waals surface area contributed by atoms with Gasteiger partial charge in [-0.25, -0.2) is 4.98 Å². The molecule has 5 nitrogen and oxygen atoms in total. The van der Waals surface area contributed by atoms with Crippen molar-refractivity contribution >= 4 is 57.5 Å². The lowest BCUT2D eigenvalue weighted by Crippen LogP contribution is -2.22. The number of halogens is 2. The predicted molar refractivity (Wildman–Crippen MR) is 128 cm³/mol. The van der Waals surface area contributed by atoms with E-state index in [1.54, 1.807) is 28.8 Å². The molecule has 0 fully saturated rings. The van der Waals surface area contributed by atoms with Crippen LogP contribution in [0.15, 0.2) is 82.7 Å². The van der Waals surface area contributed by atoms with Crippen LogP contribution in [0.5, 0.6) is 0 Å². The number of carbonyl (C=O) groups excluding carboxylic acids is 1. The summed E-state index contributed by atoms with van der Waals surface area (Å²) in [5.41, 5.74) is 1.67. The largest absolute Gasteiger partial charge is 0.325 e. The van der Waals surface area contributed by atoms with E-state index in [2.05, 4.69) is 10.3 Å². The standard InChI is InChI=1S/C23H17Cl2N3O2S/c24-15-10-11-18(25)20(14-15)26-21(29)12-13-31-23-27-19-9-5-4-8-17(19)22(30)28(23)16-6-2-1-3-7-16/h1-11,14H,12-13H2,(H,26,29). The van der Waals surface area contributed by atoms with Crippen LogP contribution in [0.25, 0.3) is 16.6 Å². The van der Waals surface area contributed by atoms with E-state index in [0.29, 0.717) is 37.5 Å². The van der Waals surface area contributed by atoms with Gasteiger partial charge in [0.05, 0.1) is 27.3 Å². The smallest absolute Gasteiger partial charge is 0.266 e. The number of rotatable bonds is 6. The fraction of sp³-hybridized carbons (Fsp3) is 0.0870. The zero-order chi connectivity index (χ0) is 21.8. The van der Waals surface area contributed by atoms with Crippen LogP contribution in [-0.2, 0) is 4.79 Å². The number of fused-ring (bicyclic) bond motifs is 1. The molecule has 1 amide bonds. The summed E-state index contributed by atoms with van der Waals surface area (Å²) in [7, 11) is 0. The Hall–Kier alpha value is -2.80. The number of amides is 1. The second kappa shape index (κ2) is 9.56. The van der Waals surface area contributed by atoms with Crippen molar-refractivity contribution in [3.8, 4) is 5.69 Å². The molecule has 0 aliphatic heterocycles. The number of hydrogen-bond donors (Lipinski definition) is 1. The molecule has 0 aliphatic carbocycles. The van der Waals surface area contributed by atoms with E-state index < -0.39 is 0 Å². The minimum absolute atomic E-state index is 0.144. The lowest BCUT2D eigenvalue weighted by Gasteiger charge is -2.13. The highest BCUT2D eigenvalue weighted by Crippen LogP contribution is 2.26. The average Bonchev–Trinajstić information content (AvgIpc) is 2.77. The first-order valence-corrected chi connectivity index (χ1v) is 11.2. The van der Waals surface area contributed by atoms with Gasteiger partial charge in [0.2, 0.25) is 5.91 Å². The topological polar surface area (TPSA) is 64.0 Å². The van der Waals surface area contributed by atoms with Gasteiger partial charge in [-0.1, -0.05) is 65.3 Å². The van der Waals surface area contributed by atoms with Gasteiger partial charge in [0, 0.05) is 17.2 Å². The number of carbonyl (C=O) groups is 1. The van der Waals surface area contributed by atoms with Crippen LogP contribution < -0.4 is 10.9 Å². The highest BCUT2D eigenvalue weighted by Gasteiger charge is 2.14. The number of nitrogens with zero attached hydrogens (tertiary/aromatic N) is 2. The van der Waals surface area contributed by atoms with Gasteiger partial charge in [-0.05, 0) is 42.5 Å². The molecule has 0 spiro atoms. The lowest BCUT2D eigenvalue weighted by atomic mass is 10.2. The molecular formula is C23H17Cl2N3O2S. The third-order valence-electron chi connectivity index (χ3n) is 4.52. The van der Waals surface area contributed by atoms with E-state index in [1.165, 1.54) is 11.8 Å². The molecule has 0 radical (unpaired) electrons. The molecule has 0 atom stereocenters. The van der Waals surface area contributed by atoms with E-state index in [-0.39, 0.29) is 17.9 Å². The summed E-state index contributed by atoms with van der Waals surface area (Å²) >= 11 is 13.4. The van der Waals surface area contributed by atoms with Crippen molar-refractivity contribution in [3.63, 3.8) is 0 Å². The Morgan fingerprint density at radius 2 is 1.74 bits per heavy atom. The third-order valence-corrected chi connectivity index (χ3v) is 6.03. The van der Waals surface area contributed by atoms with E-state index in [9.17, 15) is 9.59 Å². The maximum absolute atomic E-state index is 13.2. The molecule has 3 aromatic carbocycles. The summed E-state index contributed by atoms with van der Waals surface area (Å²) in [6, 6.07) is 21.5. The van der Waals surface area contributed by atoms with Gasteiger partial charge < -0.3 is 5.32 Å². The third kappa shape index (κ3) is 4.93. The Kier molecular flexibility index (Phi) is 6.61. The van der Waals surface area contributed by atoms with Gasteiger partial charge in [-0.3, -0.25) is 14.2 Å². The van der Waals surface area contributed by atoms with E-state index in [1.807, 2.05) is 48.5 Å². The Morgan fingerprint density at radius 1 is 1.00 bits per heavy atom. The minimum Gasteiger partial charge on any atom is -0.325 e. The monoisotopic (exact) mass is 469 g/mol. The summed E-state index contributed by atoms with van der Waals surface area (Å²) in [5.74, 6) is 0.229. The van der Waals surface area contributed by atoms with Gasteiger partial charge in [0.25, 0.3) is 5.56 Å². The number of aromatic nitrogens is 2. The van der Waals surface area contributed by atoms with Crippen LogP contribution in [0.1, 0.15) is 6.42 Å². The zero-order valence-corrected chi connectivity index (χ0v) is 18.5. The maximum Gasteiger partial charge on any atom is 0.266 e. The number of anilines is 1. The number of nitrogens with one attached hydrogen (secondary N) is 1. The molecule has 1 N–H and O–H groups in total. The van der Waals surface area contributed by atoms with Crippen molar-refractivity contribution in [2.75, 3.05) is 11.1 Å². The van der Waals surface area contributed by atoms with Gasteiger partial charge in [-0.2, -0.15) is 0 Å². The van der Waals surface area contributed by atoms with Crippen molar-refractivity contribution in [2.45, 2.75) is 11.6 Å². The fourth-order valence-corrected chi connectivity index (χ4v) is 4.34. The predicted octanol–water partition coefficient (Wildman–Crippen LogP) is 5.81. The molecule has 0 saturated carbocycles. The summed E-state index contributed by atoms with van der Waals surface area (Å²) in [5, 5.41) is 4.75. The molecule has 1 heterocycles. The maximum atomic E-state index is 13.2. The second-order valence-corrected chi connectivity index (χ2v) is 8.56. The van der Waals surface area contributed by atoms with E-state index >= 15 is 0 Å². The molecule has 4 rings (SSSR count). The van der Waals surface area contributed by atoms with Crippen molar-refractivity contribution in [2.24, 2.45) is 0 Å². The molecule has 0 aliphatic rings. The number of para-hydroxylation sites is 2. The summed E-state index contributed by atoms with van der Waals surface area (Å²) in [6.45, 7) is 0. The molecule has 8 heteroatoms. The van der Waals surface area contributed by atoms with Crippen LogP contribution in [-0.4, -0.2) is 21.2 Å². The molecule has 4 aromatic rings.